The first-order chi connectivity index (χ1) is 18.4. The first-order valence-electron chi connectivity index (χ1n) is 11.7. The van der Waals surface area contributed by atoms with Crippen molar-refractivity contribution in [2.45, 2.75) is 31.2 Å². The van der Waals surface area contributed by atoms with Crippen LogP contribution >= 0.6 is 0 Å². The second-order valence-corrected chi connectivity index (χ2v) is 8.34. The fraction of sp³-hybridized carbons (Fsp3) is 0.320. The zero-order chi connectivity index (χ0) is 29.0. The molecule has 2 atom stereocenters. The molecule has 0 bridgehead atoms. The number of halogens is 3. The second kappa shape index (κ2) is 14.5. The Kier molecular flexibility index (Phi) is 11.4. The molecule has 2 unspecified atom stereocenters. The molecule has 0 fully saturated rings. The van der Waals surface area contributed by atoms with Gasteiger partial charge in [-0.25, -0.2) is 0 Å². The van der Waals surface area contributed by atoms with Crippen LogP contribution in [-0.2, 0) is 19.2 Å². The molecule has 0 saturated heterocycles. The van der Waals surface area contributed by atoms with Crippen LogP contribution in [-0.4, -0.2) is 72.6 Å². The minimum absolute atomic E-state index is 0.316. The van der Waals surface area contributed by atoms with Crippen LogP contribution in [0.25, 0.3) is 11.1 Å². The number of aliphatic hydroxyl groups excluding tert-OH is 1. The number of hydrogen-bond donors (Lipinski definition) is 6. The number of carbonyl (C=O) groups excluding carboxylic acids is 5. The van der Waals surface area contributed by atoms with Gasteiger partial charge in [-0.05, 0) is 29.7 Å². The van der Waals surface area contributed by atoms with Gasteiger partial charge in [-0.3, -0.25) is 24.0 Å². The van der Waals surface area contributed by atoms with Crippen LogP contribution in [0.3, 0.4) is 0 Å². The van der Waals surface area contributed by atoms with E-state index in [1.807, 2.05) is 35.6 Å². The van der Waals surface area contributed by atoms with Crippen molar-refractivity contribution < 1.29 is 42.3 Å². The number of rotatable bonds is 13. The Morgan fingerprint density at radius 2 is 1.28 bits per heavy atom. The third-order valence-corrected chi connectivity index (χ3v) is 5.32. The summed E-state index contributed by atoms with van der Waals surface area (Å²) in [5.74, 6) is -4.06. The Bertz CT molecular complexity index is 1160. The quantitative estimate of drug-likeness (QED) is 0.204. The van der Waals surface area contributed by atoms with Crippen molar-refractivity contribution in [1.29, 1.82) is 0 Å². The van der Waals surface area contributed by atoms with Crippen molar-refractivity contribution in [1.82, 2.24) is 21.3 Å². The lowest BCUT2D eigenvalue weighted by molar-refractivity contribution is -0.212. The molecule has 0 aliphatic carbocycles. The summed E-state index contributed by atoms with van der Waals surface area (Å²) in [6.07, 6.45) is -9.11. The third kappa shape index (κ3) is 10.8. The molecule has 0 spiro atoms. The van der Waals surface area contributed by atoms with Gasteiger partial charge in [-0.15, -0.1) is 0 Å². The molecule has 0 aliphatic rings. The van der Waals surface area contributed by atoms with Crippen molar-refractivity contribution in [2.24, 2.45) is 5.73 Å². The average Bonchev–Trinajstić information content (AvgIpc) is 2.91. The summed E-state index contributed by atoms with van der Waals surface area (Å²) in [4.78, 5) is 58.9. The van der Waals surface area contributed by atoms with Crippen LogP contribution in [0.15, 0.2) is 54.6 Å². The SMILES string of the molecule is NC(=O)CCC(NC(=O)CNC(=O)CNC(=O)CNC(=O)c1ccc(-c2ccccc2)cc1)C(O)C(F)(F)F. The zero-order valence-electron chi connectivity index (χ0n) is 20.6. The molecular weight excluding hydrogens is 523 g/mol. The number of nitrogens with one attached hydrogen (secondary N) is 4. The summed E-state index contributed by atoms with van der Waals surface area (Å²) in [7, 11) is 0. The van der Waals surface area contributed by atoms with Gasteiger partial charge in [-0.1, -0.05) is 42.5 Å². The summed E-state index contributed by atoms with van der Waals surface area (Å²) in [5.41, 5.74) is 7.09. The molecule has 0 aromatic heterocycles. The van der Waals surface area contributed by atoms with E-state index in [9.17, 15) is 42.3 Å². The fourth-order valence-corrected chi connectivity index (χ4v) is 3.28. The van der Waals surface area contributed by atoms with E-state index in [0.717, 1.165) is 11.1 Å². The number of alkyl halides is 3. The highest BCUT2D eigenvalue weighted by Gasteiger charge is 2.44. The number of aliphatic hydroxyl groups is 1. The average molecular weight is 552 g/mol. The highest BCUT2D eigenvalue weighted by Crippen LogP contribution is 2.24. The van der Waals surface area contributed by atoms with Crippen LogP contribution in [0.1, 0.15) is 23.2 Å². The van der Waals surface area contributed by atoms with Crippen molar-refractivity contribution in [3.8, 4) is 11.1 Å². The lowest BCUT2D eigenvalue weighted by Crippen LogP contribution is -2.52. The monoisotopic (exact) mass is 551 g/mol. The number of carbonyl (C=O) groups is 5. The molecule has 2 aromatic carbocycles. The van der Waals surface area contributed by atoms with E-state index in [-0.39, 0.29) is 0 Å². The fourth-order valence-electron chi connectivity index (χ4n) is 3.28. The maximum Gasteiger partial charge on any atom is 0.416 e. The van der Waals surface area contributed by atoms with E-state index in [0.29, 0.717) is 5.56 Å². The maximum atomic E-state index is 12.8. The molecule has 2 rings (SSSR count). The molecule has 210 valence electrons. The van der Waals surface area contributed by atoms with Gasteiger partial charge in [0, 0.05) is 12.0 Å². The Morgan fingerprint density at radius 3 is 1.82 bits per heavy atom. The number of primary amides is 1. The molecule has 14 heteroatoms. The van der Waals surface area contributed by atoms with E-state index in [1.165, 1.54) is 0 Å². The van der Waals surface area contributed by atoms with E-state index in [2.05, 4.69) is 16.0 Å². The highest BCUT2D eigenvalue weighted by molar-refractivity contribution is 5.97. The van der Waals surface area contributed by atoms with Crippen molar-refractivity contribution in [3.63, 3.8) is 0 Å². The van der Waals surface area contributed by atoms with Gasteiger partial charge in [0.1, 0.15) is 0 Å². The van der Waals surface area contributed by atoms with Gasteiger partial charge in [0.25, 0.3) is 5.91 Å². The Balaban J connectivity index is 1.72. The van der Waals surface area contributed by atoms with E-state index >= 15 is 0 Å². The van der Waals surface area contributed by atoms with E-state index in [4.69, 9.17) is 5.73 Å². The van der Waals surface area contributed by atoms with Gasteiger partial charge in [-0.2, -0.15) is 13.2 Å². The second-order valence-electron chi connectivity index (χ2n) is 8.34. The molecule has 39 heavy (non-hydrogen) atoms. The highest BCUT2D eigenvalue weighted by atomic mass is 19.4. The Labute approximate surface area is 221 Å². The summed E-state index contributed by atoms with van der Waals surface area (Å²) in [6, 6.07) is 14.4. The topological polar surface area (TPSA) is 180 Å². The Hall–Kier alpha value is -4.46. The van der Waals surface area contributed by atoms with Crippen LogP contribution in [0.5, 0.6) is 0 Å². The molecule has 0 saturated carbocycles. The van der Waals surface area contributed by atoms with Crippen LogP contribution < -0.4 is 27.0 Å². The van der Waals surface area contributed by atoms with Crippen LogP contribution in [0.2, 0.25) is 0 Å². The summed E-state index contributed by atoms with van der Waals surface area (Å²) < 4.78 is 38.4. The molecular formula is C25H28F3N5O6. The van der Waals surface area contributed by atoms with Crippen molar-refractivity contribution in [3.05, 3.63) is 60.2 Å². The lowest BCUT2D eigenvalue weighted by atomic mass is 10.0. The largest absolute Gasteiger partial charge is 0.416 e. The molecule has 5 amide bonds. The standard InChI is InChI=1S/C25H28F3N5O6/c26-25(27,28)23(38)18(10-11-19(29)34)33-22(37)14-31-20(35)12-30-21(36)13-32-24(39)17-8-6-16(7-9-17)15-4-2-1-3-5-15/h1-9,18,23,38H,10-14H2,(H2,29,34)(H,30,36)(H,31,35)(H,32,39)(H,33,37). The molecule has 7 N–H and O–H groups in total. The van der Waals surface area contributed by atoms with Crippen molar-refractivity contribution in [2.75, 3.05) is 19.6 Å². The van der Waals surface area contributed by atoms with Gasteiger partial charge in [0.05, 0.1) is 25.7 Å². The maximum absolute atomic E-state index is 12.8. The van der Waals surface area contributed by atoms with Crippen LogP contribution in [0, 0.1) is 0 Å². The first-order valence-corrected chi connectivity index (χ1v) is 11.7. The minimum atomic E-state index is -5.07. The lowest BCUT2D eigenvalue weighted by Gasteiger charge is -2.25. The van der Waals surface area contributed by atoms with E-state index < -0.39 is 80.3 Å². The molecule has 0 radical (unpaired) electrons. The van der Waals surface area contributed by atoms with Crippen LogP contribution in [0.4, 0.5) is 13.2 Å². The number of benzene rings is 2. The predicted octanol–water partition coefficient (Wildman–Crippen LogP) is -0.0107. The summed E-state index contributed by atoms with van der Waals surface area (Å²) in [5, 5.41) is 18.0. The normalized spacial score (nSPS) is 12.5. The van der Waals surface area contributed by atoms with Gasteiger partial charge < -0.3 is 32.1 Å². The molecule has 11 nitrogen and oxygen atoms in total. The van der Waals surface area contributed by atoms with Gasteiger partial charge in [0.15, 0.2) is 6.10 Å². The first kappa shape index (κ1) is 30.8. The van der Waals surface area contributed by atoms with Crippen molar-refractivity contribution >= 4 is 29.5 Å². The van der Waals surface area contributed by atoms with E-state index in [1.54, 1.807) is 24.3 Å². The Morgan fingerprint density at radius 1 is 0.769 bits per heavy atom. The third-order valence-electron chi connectivity index (χ3n) is 5.32. The zero-order valence-corrected chi connectivity index (χ0v) is 20.6. The number of nitrogens with two attached hydrogens (primary N) is 1. The smallest absolute Gasteiger partial charge is 0.382 e. The number of hydrogen-bond acceptors (Lipinski definition) is 6. The van der Waals surface area contributed by atoms with Gasteiger partial charge in [0.2, 0.25) is 23.6 Å². The molecule has 0 heterocycles. The predicted molar refractivity (Wildman–Crippen MR) is 133 cm³/mol. The van der Waals surface area contributed by atoms with Gasteiger partial charge >= 0.3 is 6.18 Å². The number of amides is 5. The summed E-state index contributed by atoms with van der Waals surface area (Å²) >= 11 is 0. The molecule has 2 aromatic rings. The summed E-state index contributed by atoms with van der Waals surface area (Å²) in [6.45, 7) is -1.78. The minimum Gasteiger partial charge on any atom is -0.382 e. The molecule has 0 aliphatic heterocycles.